The van der Waals surface area contributed by atoms with E-state index in [1.807, 2.05) is 7.11 Å². The van der Waals surface area contributed by atoms with Gasteiger partial charge in [0.2, 0.25) is 0 Å². The van der Waals surface area contributed by atoms with Gasteiger partial charge in [-0.1, -0.05) is 13.3 Å². The lowest BCUT2D eigenvalue weighted by Gasteiger charge is -2.47. The van der Waals surface area contributed by atoms with E-state index in [9.17, 15) is 0 Å². The van der Waals surface area contributed by atoms with Gasteiger partial charge in [-0.25, -0.2) is 0 Å². The van der Waals surface area contributed by atoms with Crippen LogP contribution in [-0.4, -0.2) is 24.3 Å². The summed E-state index contributed by atoms with van der Waals surface area (Å²) in [5.41, 5.74) is 0.472. The van der Waals surface area contributed by atoms with Gasteiger partial charge in [0.05, 0.1) is 6.10 Å². The molecule has 0 aromatic heterocycles. The molecule has 0 saturated carbocycles. The zero-order chi connectivity index (χ0) is 10.8. The zero-order valence-corrected chi connectivity index (χ0v) is 10.3. The summed E-state index contributed by atoms with van der Waals surface area (Å²) >= 11 is 0. The highest BCUT2D eigenvalue weighted by atomic mass is 16.5. The summed E-state index contributed by atoms with van der Waals surface area (Å²) in [5, 5.41) is 3.75. The Balaban J connectivity index is 2.69. The standard InChI is InChI=1S/C12H25NO/c1-6-7-12(4)9-10(14-5)8-11(2,3)13-12/h10,13H,6-9H2,1-5H3. The first-order chi connectivity index (χ1) is 6.41. The third-order valence-corrected chi connectivity index (χ3v) is 3.19. The molecule has 0 radical (unpaired) electrons. The van der Waals surface area contributed by atoms with Gasteiger partial charge < -0.3 is 10.1 Å². The molecule has 2 nitrogen and oxygen atoms in total. The van der Waals surface area contributed by atoms with Crippen molar-refractivity contribution in [3.05, 3.63) is 0 Å². The Hall–Kier alpha value is -0.0800. The van der Waals surface area contributed by atoms with Gasteiger partial charge in [-0.3, -0.25) is 0 Å². The van der Waals surface area contributed by atoms with Crippen molar-refractivity contribution in [1.29, 1.82) is 0 Å². The average Bonchev–Trinajstić information content (AvgIpc) is 2.00. The highest BCUT2D eigenvalue weighted by Crippen LogP contribution is 2.32. The molecule has 1 rings (SSSR count). The molecule has 1 saturated heterocycles. The van der Waals surface area contributed by atoms with Crippen molar-refractivity contribution in [2.75, 3.05) is 7.11 Å². The summed E-state index contributed by atoms with van der Waals surface area (Å²) in [6.07, 6.45) is 5.14. The molecule has 1 aliphatic rings. The quantitative estimate of drug-likeness (QED) is 0.754. The van der Waals surface area contributed by atoms with Crippen LogP contribution in [0, 0.1) is 0 Å². The first-order valence-corrected chi connectivity index (χ1v) is 5.73. The second kappa shape index (κ2) is 4.19. The Kier molecular flexibility index (Phi) is 3.59. The van der Waals surface area contributed by atoms with Crippen LogP contribution in [0.3, 0.4) is 0 Å². The van der Waals surface area contributed by atoms with E-state index < -0.39 is 0 Å². The van der Waals surface area contributed by atoms with Crippen LogP contribution < -0.4 is 5.32 Å². The third-order valence-electron chi connectivity index (χ3n) is 3.19. The summed E-state index contributed by atoms with van der Waals surface area (Å²) in [4.78, 5) is 0. The maximum atomic E-state index is 5.53. The number of methoxy groups -OCH3 is 1. The second-order valence-electron chi connectivity index (χ2n) is 5.59. The van der Waals surface area contributed by atoms with Gasteiger partial charge in [-0.05, 0) is 40.0 Å². The number of hydrogen-bond donors (Lipinski definition) is 1. The van der Waals surface area contributed by atoms with Crippen molar-refractivity contribution in [3.8, 4) is 0 Å². The molecule has 0 spiro atoms. The normalized spacial score (nSPS) is 37.1. The second-order valence-corrected chi connectivity index (χ2v) is 5.59. The van der Waals surface area contributed by atoms with Gasteiger partial charge in [0.1, 0.15) is 0 Å². The molecule has 2 heteroatoms. The molecule has 2 atom stereocenters. The van der Waals surface area contributed by atoms with Crippen molar-refractivity contribution in [2.45, 2.75) is 70.6 Å². The number of piperidine rings is 1. The molecule has 1 aliphatic heterocycles. The summed E-state index contributed by atoms with van der Waals surface area (Å²) in [6, 6.07) is 0. The van der Waals surface area contributed by atoms with Crippen LogP contribution in [0.1, 0.15) is 53.4 Å². The first-order valence-electron chi connectivity index (χ1n) is 5.73. The molecule has 0 bridgehead atoms. The Labute approximate surface area is 88.4 Å². The zero-order valence-electron chi connectivity index (χ0n) is 10.3. The topological polar surface area (TPSA) is 21.3 Å². The van der Waals surface area contributed by atoms with Crippen LogP contribution >= 0.6 is 0 Å². The minimum Gasteiger partial charge on any atom is -0.381 e. The van der Waals surface area contributed by atoms with Crippen molar-refractivity contribution in [1.82, 2.24) is 5.32 Å². The van der Waals surface area contributed by atoms with Crippen LogP contribution in [0.15, 0.2) is 0 Å². The van der Waals surface area contributed by atoms with E-state index in [4.69, 9.17) is 4.74 Å². The first kappa shape index (κ1) is 12.0. The SMILES string of the molecule is CCCC1(C)CC(OC)CC(C)(C)N1. The third kappa shape index (κ3) is 2.96. The molecule has 0 amide bonds. The molecule has 14 heavy (non-hydrogen) atoms. The lowest BCUT2D eigenvalue weighted by atomic mass is 9.78. The van der Waals surface area contributed by atoms with E-state index >= 15 is 0 Å². The number of hydrogen-bond acceptors (Lipinski definition) is 2. The molecule has 0 aromatic rings. The minimum atomic E-state index is 0.211. The fraction of sp³-hybridized carbons (Fsp3) is 1.00. The van der Waals surface area contributed by atoms with Crippen LogP contribution in [0.25, 0.3) is 0 Å². The van der Waals surface area contributed by atoms with E-state index in [1.165, 1.54) is 12.8 Å². The highest BCUT2D eigenvalue weighted by Gasteiger charge is 2.39. The molecule has 1 fully saturated rings. The molecule has 0 aromatic carbocycles. The van der Waals surface area contributed by atoms with E-state index in [1.54, 1.807) is 0 Å². The van der Waals surface area contributed by atoms with Gasteiger partial charge in [0, 0.05) is 18.2 Å². The van der Waals surface area contributed by atoms with Gasteiger partial charge >= 0.3 is 0 Å². The van der Waals surface area contributed by atoms with E-state index in [0.717, 1.165) is 12.8 Å². The van der Waals surface area contributed by atoms with Gasteiger partial charge in [-0.2, -0.15) is 0 Å². The summed E-state index contributed by atoms with van der Waals surface area (Å²) in [5.74, 6) is 0. The molecule has 84 valence electrons. The lowest BCUT2D eigenvalue weighted by Crippen LogP contribution is -2.60. The molecule has 2 unspecified atom stereocenters. The van der Waals surface area contributed by atoms with Crippen molar-refractivity contribution >= 4 is 0 Å². The van der Waals surface area contributed by atoms with Crippen LogP contribution in [0.5, 0.6) is 0 Å². The van der Waals surface area contributed by atoms with Crippen molar-refractivity contribution in [3.63, 3.8) is 0 Å². The predicted molar refractivity (Wildman–Crippen MR) is 60.6 cm³/mol. The highest BCUT2D eigenvalue weighted by molar-refractivity contribution is 4.99. The molecular weight excluding hydrogens is 174 g/mol. The van der Waals surface area contributed by atoms with E-state index in [2.05, 4.69) is 33.0 Å². The summed E-state index contributed by atoms with van der Waals surface area (Å²) in [7, 11) is 1.83. The van der Waals surface area contributed by atoms with Crippen LogP contribution in [0.4, 0.5) is 0 Å². The van der Waals surface area contributed by atoms with E-state index in [-0.39, 0.29) is 11.1 Å². The Morgan fingerprint density at radius 1 is 1.29 bits per heavy atom. The molecule has 1 N–H and O–H groups in total. The predicted octanol–water partition coefficient (Wildman–Crippen LogP) is 2.72. The number of rotatable bonds is 3. The number of ether oxygens (including phenoxy) is 1. The molecule has 0 aliphatic carbocycles. The monoisotopic (exact) mass is 199 g/mol. The Morgan fingerprint density at radius 2 is 1.93 bits per heavy atom. The van der Waals surface area contributed by atoms with Crippen LogP contribution in [-0.2, 0) is 4.74 Å². The minimum absolute atomic E-state index is 0.211. The Morgan fingerprint density at radius 3 is 2.43 bits per heavy atom. The molecular formula is C12H25NO. The smallest absolute Gasteiger partial charge is 0.0606 e. The summed E-state index contributed by atoms with van der Waals surface area (Å²) in [6.45, 7) is 9.11. The maximum Gasteiger partial charge on any atom is 0.0606 e. The average molecular weight is 199 g/mol. The van der Waals surface area contributed by atoms with Gasteiger partial charge in [0.25, 0.3) is 0 Å². The largest absolute Gasteiger partial charge is 0.381 e. The number of nitrogens with one attached hydrogen (secondary N) is 1. The van der Waals surface area contributed by atoms with Gasteiger partial charge in [0.15, 0.2) is 0 Å². The van der Waals surface area contributed by atoms with Crippen molar-refractivity contribution in [2.24, 2.45) is 0 Å². The fourth-order valence-electron chi connectivity index (χ4n) is 2.95. The summed E-state index contributed by atoms with van der Waals surface area (Å²) < 4.78 is 5.53. The van der Waals surface area contributed by atoms with Crippen LogP contribution in [0.2, 0.25) is 0 Å². The maximum absolute atomic E-state index is 5.53. The van der Waals surface area contributed by atoms with Crippen molar-refractivity contribution < 1.29 is 4.74 Å². The lowest BCUT2D eigenvalue weighted by molar-refractivity contribution is -0.00184. The van der Waals surface area contributed by atoms with Gasteiger partial charge in [-0.15, -0.1) is 0 Å². The fourth-order valence-corrected chi connectivity index (χ4v) is 2.95. The molecule has 1 heterocycles. The van der Waals surface area contributed by atoms with E-state index in [0.29, 0.717) is 6.10 Å². The Bertz CT molecular complexity index is 191.